The zero-order valence-corrected chi connectivity index (χ0v) is 18.7. The molecule has 0 aromatic heterocycles. The van der Waals surface area contributed by atoms with Gasteiger partial charge < -0.3 is 10.1 Å². The summed E-state index contributed by atoms with van der Waals surface area (Å²) in [5, 5.41) is 11.8. The maximum Gasteiger partial charge on any atom is 0.407 e. The number of carbonyl (C=O) groups is 1. The first-order valence-corrected chi connectivity index (χ1v) is 10.6. The van der Waals surface area contributed by atoms with Crippen molar-refractivity contribution < 1.29 is 9.53 Å². The van der Waals surface area contributed by atoms with Crippen LogP contribution in [0.2, 0.25) is 0 Å². The summed E-state index contributed by atoms with van der Waals surface area (Å²) in [7, 11) is 0. The average Bonchev–Trinajstić information content (AvgIpc) is 2.66. The van der Waals surface area contributed by atoms with E-state index in [1.165, 1.54) is 0 Å². The summed E-state index contributed by atoms with van der Waals surface area (Å²) in [5.41, 5.74) is 0.213. The molecule has 6 heteroatoms. The number of ether oxygens (including phenoxy) is 1. The van der Waals surface area contributed by atoms with Gasteiger partial charge in [-0.15, -0.1) is 0 Å². The van der Waals surface area contributed by atoms with E-state index in [0.717, 1.165) is 30.8 Å². The molecule has 27 heavy (non-hydrogen) atoms. The van der Waals surface area contributed by atoms with Crippen LogP contribution in [-0.4, -0.2) is 35.1 Å². The molecule has 152 valence electrons. The topological polar surface area (TPSA) is 65.4 Å². The molecule has 1 N–H and O–H groups in total. The maximum atomic E-state index is 11.8. The summed E-state index contributed by atoms with van der Waals surface area (Å²) >= 11 is 1.69. The Morgan fingerprint density at radius 1 is 1.15 bits per heavy atom. The van der Waals surface area contributed by atoms with Gasteiger partial charge in [-0.3, -0.25) is 0 Å². The van der Waals surface area contributed by atoms with Crippen molar-refractivity contribution in [3.63, 3.8) is 0 Å². The second kappa shape index (κ2) is 13.5. The molecule has 1 aliphatic heterocycles. The van der Waals surface area contributed by atoms with Crippen LogP contribution >= 0.6 is 11.9 Å². The van der Waals surface area contributed by atoms with E-state index in [2.05, 4.69) is 15.7 Å². The number of hydrogen-bond acceptors (Lipinski definition) is 5. The van der Waals surface area contributed by atoms with Gasteiger partial charge in [-0.1, -0.05) is 27.7 Å². The molecule has 1 saturated heterocycles. The van der Waals surface area contributed by atoms with E-state index in [1.54, 1.807) is 11.9 Å². The molecule has 0 bridgehead atoms. The van der Waals surface area contributed by atoms with Crippen molar-refractivity contribution in [3.05, 3.63) is 29.8 Å². The Bertz CT molecular complexity index is 569. The summed E-state index contributed by atoms with van der Waals surface area (Å²) in [6.45, 7) is 15.4. The van der Waals surface area contributed by atoms with Crippen LogP contribution in [0.25, 0.3) is 0 Å². The Kier molecular flexibility index (Phi) is 12.6. The minimum atomic E-state index is -0.462. The SMILES string of the molecule is CC.CC.CC(C)(C)OC(=O)NC1CCN(Sc2ccc(C#N)cc2)CC1. The van der Waals surface area contributed by atoms with Gasteiger partial charge in [0.2, 0.25) is 0 Å². The van der Waals surface area contributed by atoms with Gasteiger partial charge in [0.15, 0.2) is 0 Å². The molecule has 1 aliphatic rings. The number of amides is 1. The zero-order chi connectivity index (χ0) is 20.9. The van der Waals surface area contributed by atoms with Gasteiger partial charge in [0.05, 0.1) is 11.6 Å². The number of carbonyl (C=O) groups excluding carboxylic acids is 1. The highest BCUT2D eigenvalue weighted by molar-refractivity contribution is 7.97. The van der Waals surface area contributed by atoms with Gasteiger partial charge in [0.1, 0.15) is 5.60 Å². The van der Waals surface area contributed by atoms with Crippen LogP contribution in [0.3, 0.4) is 0 Å². The molecule has 2 rings (SSSR count). The minimum absolute atomic E-state index is 0.169. The lowest BCUT2D eigenvalue weighted by Gasteiger charge is -2.31. The summed E-state index contributed by atoms with van der Waals surface area (Å²) in [6, 6.07) is 9.89. The van der Waals surface area contributed by atoms with Crippen LogP contribution < -0.4 is 5.32 Å². The van der Waals surface area contributed by atoms with Gasteiger partial charge in [-0.25, -0.2) is 9.10 Å². The molecule has 1 heterocycles. The monoisotopic (exact) mass is 393 g/mol. The fourth-order valence-electron chi connectivity index (χ4n) is 2.31. The molecule has 0 unspecified atom stereocenters. The van der Waals surface area contributed by atoms with E-state index in [-0.39, 0.29) is 12.1 Å². The van der Waals surface area contributed by atoms with Crippen molar-refractivity contribution in [2.24, 2.45) is 0 Å². The molecular formula is C21H35N3O2S. The smallest absolute Gasteiger partial charge is 0.407 e. The summed E-state index contributed by atoms with van der Waals surface area (Å²) < 4.78 is 7.58. The van der Waals surface area contributed by atoms with E-state index in [0.29, 0.717) is 5.56 Å². The zero-order valence-electron chi connectivity index (χ0n) is 17.8. The van der Waals surface area contributed by atoms with Crippen molar-refractivity contribution >= 4 is 18.0 Å². The Balaban J connectivity index is 0.00000158. The van der Waals surface area contributed by atoms with Crippen LogP contribution in [0.1, 0.15) is 66.9 Å². The third-order valence-corrected chi connectivity index (χ3v) is 4.50. The molecule has 1 amide bonds. The van der Waals surface area contributed by atoms with E-state index in [4.69, 9.17) is 10.00 Å². The van der Waals surface area contributed by atoms with Gasteiger partial charge in [0.25, 0.3) is 0 Å². The van der Waals surface area contributed by atoms with Crippen molar-refractivity contribution in [1.82, 2.24) is 9.62 Å². The molecule has 5 nitrogen and oxygen atoms in total. The Morgan fingerprint density at radius 3 is 2.11 bits per heavy atom. The molecule has 0 aliphatic carbocycles. The second-order valence-electron chi connectivity index (χ2n) is 6.58. The predicted octanol–water partition coefficient (Wildman–Crippen LogP) is 5.61. The fraction of sp³-hybridized carbons (Fsp3) is 0.619. The lowest BCUT2D eigenvalue weighted by molar-refractivity contribution is 0.0490. The fourth-order valence-corrected chi connectivity index (χ4v) is 3.25. The quantitative estimate of drug-likeness (QED) is 0.676. The van der Waals surface area contributed by atoms with Gasteiger partial charge in [-0.05, 0) is 69.8 Å². The van der Waals surface area contributed by atoms with E-state index >= 15 is 0 Å². The third kappa shape index (κ3) is 10.9. The molecule has 1 fully saturated rings. The average molecular weight is 394 g/mol. The van der Waals surface area contributed by atoms with Crippen molar-refractivity contribution in [2.75, 3.05) is 13.1 Å². The van der Waals surface area contributed by atoms with E-state index < -0.39 is 5.60 Å². The molecule has 0 spiro atoms. The number of nitrogens with one attached hydrogen (secondary N) is 1. The summed E-state index contributed by atoms with van der Waals surface area (Å²) in [4.78, 5) is 12.9. The molecule has 1 aromatic carbocycles. The minimum Gasteiger partial charge on any atom is -0.444 e. The van der Waals surface area contributed by atoms with Crippen molar-refractivity contribution in [2.45, 2.75) is 77.8 Å². The maximum absolute atomic E-state index is 11.8. The van der Waals surface area contributed by atoms with Crippen LogP contribution in [0.4, 0.5) is 4.79 Å². The van der Waals surface area contributed by atoms with Gasteiger partial charge in [-0.2, -0.15) is 5.26 Å². The highest BCUT2D eigenvalue weighted by Crippen LogP contribution is 2.26. The highest BCUT2D eigenvalue weighted by atomic mass is 32.2. The molecule has 0 radical (unpaired) electrons. The number of nitriles is 1. The lowest BCUT2D eigenvalue weighted by atomic mass is 10.1. The Morgan fingerprint density at radius 2 is 1.67 bits per heavy atom. The number of piperidine rings is 1. The van der Waals surface area contributed by atoms with Crippen LogP contribution in [0.5, 0.6) is 0 Å². The van der Waals surface area contributed by atoms with Gasteiger partial charge >= 0.3 is 6.09 Å². The van der Waals surface area contributed by atoms with Gasteiger partial charge in [0, 0.05) is 24.0 Å². The first-order valence-electron chi connectivity index (χ1n) is 9.78. The molecule has 1 aromatic rings. The van der Waals surface area contributed by atoms with E-state index in [9.17, 15) is 4.79 Å². The number of nitrogens with zero attached hydrogens (tertiary/aromatic N) is 2. The summed E-state index contributed by atoms with van der Waals surface area (Å²) in [6.07, 6.45) is 1.47. The van der Waals surface area contributed by atoms with Crippen LogP contribution in [-0.2, 0) is 4.74 Å². The number of alkyl carbamates (subject to hydrolysis) is 1. The normalized spacial score (nSPS) is 14.6. The largest absolute Gasteiger partial charge is 0.444 e. The predicted molar refractivity (Wildman–Crippen MR) is 114 cm³/mol. The first kappa shape index (κ1) is 25.3. The van der Waals surface area contributed by atoms with Crippen molar-refractivity contribution in [1.29, 1.82) is 5.26 Å². The van der Waals surface area contributed by atoms with Crippen LogP contribution in [0.15, 0.2) is 29.2 Å². The Hall–Kier alpha value is -1.71. The lowest BCUT2D eigenvalue weighted by Crippen LogP contribution is -2.44. The molecular weight excluding hydrogens is 358 g/mol. The second-order valence-corrected chi connectivity index (χ2v) is 7.75. The van der Waals surface area contributed by atoms with Crippen molar-refractivity contribution in [3.8, 4) is 6.07 Å². The Labute approximate surface area is 169 Å². The number of hydrogen-bond donors (Lipinski definition) is 1. The molecule has 0 saturated carbocycles. The highest BCUT2D eigenvalue weighted by Gasteiger charge is 2.23. The first-order chi connectivity index (χ1) is 12.9. The van der Waals surface area contributed by atoms with E-state index in [1.807, 2.05) is 72.7 Å². The molecule has 0 atom stereocenters. The number of benzene rings is 1. The third-order valence-electron chi connectivity index (χ3n) is 3.39. The summed E-state index contributed by atoms with van der Waals surface area (Å²) in [5.74, 6) is 0. The number of rotatable bonds is 3. The standard InChI is InChI=1S/C17H23N3O2S.2C2H6/c1-17(2,3)22-16(21)19-14-8-10-20(11-9-14)23-15-6-4-13(12-18)5-7-15;2*1-2/h4-7,14H,8-11H2,1-3H3,(H,19,21);2*1-2H3. The van der Waals surface area contributed by atoms with Crippen LogP contribution in [0, 0.1) is 11.3 Å².